The Hall–Kier alpha value is -1.16. The highest BCUT2D eigenvalue weighted by atomic mass is 127. The maximum Gasteiger partial charge on any atom is 0.193 e. The lowest BCUT2D eigenvalue weighted by atomic mass is 10.1. The molecule has 0 spiro atoms. The Bertz CT molecular complexity index is 691. The summed E-state index contributed by atoms with van der Waals surface area (Å²) >= 11 is 1.75. The van der Waals surface area contributed by atoms with E-state index in [4.69, 9.17) is 0 Å². The van der Waals surface area contributed by atoms with E-state index in [1.807, 2.05) is 25.0 Å². The van der Waals surface area contributed by atoms with Crippen LogP contribution in [0, 0.1) is 6.92 Å². The third-order valence-corrected chi connectivity index (χ3v) is 4.73. The lowest BCUT2D eigenvalue weighted by Gasteiger charge is -2.22. The lowest BCUT2D eigenvalue weighted by molar-refractivity contribution is 0.474. The van der Waals surface area contributed by atoms with E-state index < -0.39 is 0 Å². The minimum atomic E-state index is 0. The number of guanidine groups is 1. The molecule has 0 unspecified atom stereocenters. The summed E-state index contributed by atoms with van der Waals surface area (Å²) in [4.78, 5) is 12.2. The molecule has 2 aromatic heterocycles. The van der Waals surface area contributed by atoms with Gasteiger partial charge in [0.15, 0.2) is 5.96 Å². The smallest absolute Gasteiger partial charge is 0.193 e. The van der Waals surface area contributed by atoms with Gasteiger partial charge in [-0.3, -0.25) is 9.67 Å². The summed E-state index contributed by atoms with van der Waals surface area (Å²) in [6.45, 7) is 8.05. The van der Waals surface area contributed by atoms with Crippen LogP contribution in [0.5, 0.6) is 0 Å². The third-order valence-electron chi connectivity index (χ3n) is 3.76. The number of nitrogens with zero attached hydrogens (tertiary/aromatic N) is 5. The van der Waals surface area contributed by atoms with Crippen LogP contribution in [0.3, 0.4) is 0 Å². The molecule has 0 bridgehead atoms. The fourth-order valence-electron chi connectivity index (χ4n) is 2.68. The quantitative estimate of drug-likeness (QED) is 0.396. The van der Waals surface area contributed by atoms with Gasteiger partial charge >= 0.3 is 0 Å². The molecule has 0 saturated heterocycles. The summed E-state index contributed by atoms with van der Waals surface area (Å²) in [6.07, 6.45) is 4.93. The van der Waals surface area contributed by atoms with Crippen molar-refractivity contribution in [2.45, 2.75) is 39.7 Å². The number of thiazole rings is 1. The first-order valence-corrected chi connectivity index (χ1v) is 9.07. The number of rotatable bonds is 6. The van der Waals surface area contributed by atoms with E-state index in [1.165, 1.54) is 10.4 Å². The summed E-state index contributed by atoms with van der Waals surface area (Å²) in [5, 5.41) is 9.15. The molecule has 0 aliphatic rings. The van der Waals surface area contributed by atoms with Crippen LogP contribution < -0.4 is 5.32 Å². The highest BCUT2D eigenvalue weighted by Gasteiger charge is 2.15. The monoisotopic (exact) mass is 476 g/mol. The standard InChI is InChI=1S/C17H28N6S.HI/c1-12(2)16-14(11-23(6)21-16)10-22(5)17(18-4)19-8-7-15-20-9-13(3)24-15;/h9,11-12H,7-8,10H2,1-6H3,(H,18,19);1H. The molecule has 0 amide bonds. The van der Waals surface area contributed by atoms with Crippen LogP contribution in [-0.2, 0) is 20.0 Å². The van der Waals surface area contributed by atoms with Gasteiger partial charge in [-0.05, 0) is 12.8 Å². The van der Waals surface area contributed by atoms with E-state index in [0.29, 0.717) is 5.92 Å². The van der Waals surface area contributed by atoms with E-state index in [9.17, 15) is 0 Å². The van der Waals surface area contributed by atoms with Crippen molar-refractivity contribution in [3.63, 3.8) is 0 Å². The van der Waals surface area contributed by atoms with E-state index in [0.717, 1.165) is 36.2 Å². The van der Waals surface area contributed by atoms with Gasteiger partial charge in [-0.25, -0.2) is 4.98 Å². The SMILES string of the molecule is CN=C(NCCc1ncc(C)s1)N(C)Cc1cn(C)nc1C(C)C.I. The molecule has 1 N–H and O–H groups in total. The average molecular weight is 476 g/mol. The van der Waals surface area contributed by atoms with E-state index in [1.54, 1.807) is 11.3 Å². The molecule has 0 atom stereocenters. The van der Waals surface area contributed by atoms with Gasteiger partial charge in [-0.1, -0.05) is 13.8 Å². The fourth-order valence-corrected chi connectivity index (χ4v) is 3.46. The topological polar surface area (TPSA) is 58.3 Å². The molecule has 0 saturated carbocycles. The second-order valence-corrected chi connectivity index (χ2v) is 7.63. The van der Waals surface area contributed by atoms with Crippen molar-refractivity contribution in [2.75, 3.05) is 20.6 Å². The molecule has 0 aromatic carbocycles. The molecule has 8 heteroatoms. The maximum atomic E-state index is 4.58. The van der Waals surface area contributed by atoms with Crippen molar-refractivity contribution >= 4 is 41.3 Å². The largest absolute Gasteiger partial charge is 0.356 e. The summed E-state index contributed by atoms with van der Waals surface area (Å²) in [5.74, 6) is 1.31. The predicted octanol–water partition coefficient (Wildman–Crippen LogP) is 3.18. The average Bonchev–Trinajstić information content (AvgIpc) is 3.09. The second kappa shape index (κ2) is 10.1. The highest BCUT2D eigenvalue weighted by molar-refractivity contribution is 14.0. The Balaban J connectivity index is 0.00000312. The number of halogens is 1. The summed E-state index contributed by atoms with van der Waals surface area (Å²) in [5.41, 5.74) is 2.39. The highest BCUT2D eigenvalue weighted by Crippen LogP contribution is 2.18. The molecular weight excluding hydrogens is 447 g/mol. The normalized spacial score (nSPS) is 11.6. The number of nitrogens with one attached hydrogen (secondary N) is 1. The summed E-state index contributed by atoms with van der Waals surface area (Å²) in [6, 6.07) is 0. The van der Waals surface area contributed by atoms with Crippen LogP contribution in [0.25, 0.3) is 0 Å². The maximum absolute atomic E-state index is 4.58. The Labute approximate surface area is 171 Å². The Kier molecular flexibility index (Phi) is 8.84. The lowest BCUT2D eigenvalue weighted by Crippen LogP contribution is -2.39. The van der Waals surface area contributed by atoms with Crippen molar-refractivity contribution in [3.8, 4) is 0 Å². The molecule has 140 valence electrons. The van der Waals surface area contributed by atoms with Gasteiger partial charge in [-0.15, -0.1) is 35.3 Å². The first-order chi connectivity index (χ1) is 11.4. The molecule has 0 radical (unpaired) electrons. The molecule has 6 nitrogen and oxygen atoms in total. The van der Waals surface area contributed by atoms with Crippen LogP contribution >= 0.6 is 35.3 Å². The van der Waals surface area contributed by atoms with Gasteiger partial charge in [0.25, 0.3) is 0 Å². The Morgan fingerprint density at radius 3 is 2.72 bits per heavy atom. The molecule has 2 heterocycles. The zero-order chi connectivity index (χ0) is 17.7. The van der Waals surface area contributed by atoms with Gasteiger partial charge in [-0.2, -0.15) is 5.10 Å². The van der Waals surface area contributed by atoms with Crippen molar-refractivity contribution in [1.82, 2.24) is 25.0 Å². The molecule has 2 aromatic rings. The van der Waals surface area contributed by atoms with Crippen LogP contribution in [0.1, 0.15) is 40.9 Å². The van der Waals surface area contributed by atoms with E-state index in [-0.39, 0.29) is 24.0 Å². The van der Waals surface area contributed by atoms with Crippen LogP contribution in [-0.4, -0.2) is 46.3 Å². The van der Waals surface area contributed by atoms with E-state index >= 15 is 0 Å². The number of aromatic nitrogens is 3. The first kappa shape index (κ1) is 21.9. The first-order valence-electron chi connectivity index (χ1n) is 8.26. The van der Waals surface area contributed by atoms with Crippen LogP contribution in [0.2, 0.25) is 0 Å². The number of hydrogen-bond donors (Lipinski definition) is 1. The van der Waals surface area contributed by atoms with Crippen molar-refractivity contribution in [2.24, 2.45) is 12.0 Å². The Morgan fingerprint density at radius 1 is 1.44 bits per heavy atom. The second-order valence-electron chi connectivity index (χ2n) is 6.31. The van der Waals surface area contributed by atoms with Gasteiger partial charge in [0, 0.05) is 63.5 Å². The molecule has 0 fully saturated rings. The number of aryl methyl sites for hydroxylation is 2. The Morgan fingerprint density at radius 2 is 2.16 bits per heavy atom. The van der Waals surface area contributed by atoms with Gasteiger partial charge in [0.1, 0.15) is 0 Å². The number of hydrogen-bond acceptors (Lipinski definition) is 4. The number of aliphatic imine (C=N–C) groups is 1. The predicted molar refractivity (Wildman–Crippen MR) is 116 cm³/mol. The fraction of sp³-hybridized carbons (Fsp3) is 0.588. The molecule has 2 rings (SSSR count). The zero-order valence-corrected chi connectivity index (χ0v) is 19.1. The summed E-state index contributed by atoms with van der Waals surface area (Å²) in [7, 11) is 5.84. The minimum absolute atomic E-state index is 0. The zero-order valence-electron chi connectivity index (χ0n) is 15.9. The molecule has 25 heavy (non-hydrogen) atoms. The van der Waals surface area contributed by atoms with Crippen molar-refractivity contribution in [3.05, 3.63) is 33.5 Å². The minimum Gasteiger partial charge on any atom is -0.356 e. The van der Waals surface area contributed by atoms with Crippen molar-refractivity contribution in [1.29, 1.82) is 0 Å². The molecule has 0 aliphatic carbocycles. The van der Waals surface area contributed by atoms with Gasteiger partial charge < -0.3 is 10.2 Å². The van der Waals surface area contributed by atoms with Gasteiger partial charge in [0.05, 0.1) is 10.7 Å². The van der Waals surface area contributed by atoms with Crippen molar-refractivity contribution < 1.29 is 0 Å². The van der Waals surface area contributed by atoms with Gasteiger partial charge in [0.2, 0.25) is 0 Å². The molecular formula is C17H29IN6S. The van der Waals surface area contributed by atoms with Crippen LogP contribution in [0.4, 0.5) is 0 Å². The summed E-state index contributed by atoms with van der Waals surface area (Å²) < 4.78 is 1.89. The van der Waals surface area contributed by atoms with Crippen LogP contribution in [0.15, 0.2) is 17.4 Å². The molecule has 0 aliphatic heterocycles. The van der Waals surface area contributed by atoms with E-state index in [2.05, 4.69) is 59.3 Å². The third kappa shape index (κ3) is 6.25.